The van der Waals surface area contributed by atoms with Crippen molar-refractivity contribution in [3.05, 3.63) is 28.8 Å². The van der Waals surface area contributed by atoms with Crippen molar-refractivity contribution in [1.82, 2.24) is 20.6 Å². The number of carbonyl (C=O) groups excluding carboxylic acids is 3. The molecule has 1 heterocycles. The molecule has 0 radical (unpaired) electrons. The molecule has 0 atom stereocenters. The number of ether oxygens (including phenoxy) is 1. The van der Waals surface area contributed by atoms with Gasteiger partial charge in [0.25, 0.3) is 5.91 Å². The molecule has 1 aromatic heterocycles. The Hall–Kier alpha value is -3.01. The Labute approximate surface area is 134 Å². The smallest absolute Gasteiger partial charge is 0.397 e. The first kappa shape index (κ1) is 16.4. The van der Waals surface area contributed by atoms with E-state index in [-0.39, 0.29) is 28.8 Å². The lowest BCUT2D eigenvalue weighted by atomic mass is 10.2. The quantitative estimate of drug-likeness (QED) is 0.548. The maximum atomic E-state index is 12.0. The summed E-state index contributed by atoms with van der Waals surface area (Å²) < 4.78 is 4.56. The predicted molar refractivity (Wildman–Crippen MR) is 78.8 cm³/mol. The van der Waals surface area contributed by atoms with Crippen LogP contribution in [0.25, 0.3) is 0 Å². The largest absolute Gasteiger partial charge is 0.459 e. The van der Waals surface area contributed by atoms with E-state index in [2.05, 4.69) is 36.0 Å². The zero-order valence-electron chi connectivity index (χ0n) is 11.8. The number of aromatic amines is 1. The van der Waals surface area contributed by atoms with Crippen LogP contribution < -0.4 is 10.6 Å². The molecule has 23 heavy (non-hydrogen) atoms. The van der Waals surface area contributed by atoms with Gasteiger partial charge in [0.15, 0.2) is 0 Å². The summed E-state index contributed by atoms with van der Waals surface area (Å²) in [4.78, 5) is 34.9. The fourth-order valence-electron chi connectivity index (χ4n) is 1.52. The molecule has 0 fully saturated rings. The van der Waals surface area contributed by atoms with Crippen LogP contribution in [0.15, 0.2) is 18.2 Å². The van der Waals surface area contributed by atoms with E-state index in [1.54, 1.807) is 6.92 Å². The molecule has 1 aromatic carbocycles. The number of anilines is 2. The Morgan fingerprint density at radius 1 is 1.30 bits per heavy atom. The highest BCUT2D eigenvalue weighted by Gasteiger charge is 2.17. The third-order valence-electron chi connectivity index (χ3n) is 2.51. The van der Waals surface area contributed by atoms with Crippen LogP contribution in [0.3, 0.4) is 0 Å². The molecular weight excluding hydrogens is 328 g/mol. The van der Waals surface area contributed by atoms with Gasteiger partial charge in [-0.05, 0) is 35.5 Å². The topological polar surface area (TPSA) is 139 Å². The summed E-state index contributed by atoms with van der Waals surface area (Å²) >= 11 is 5.93. The molecule has 0 bridgehead atoms. The first-order valence-electron chi connectivity index (χ1n) is 6.34. The van der Waals surface area contributed by atoms with Gasteiger partial charge in [0.1, 0.15) is 0 Å². The predicted octanol–water partition coefficient (Wildman–Crippen LogP) is 0.607. The zero-order chi connectivity index (χ0) is 16.8. The van der Waals surface area contributed by atoms with E-state index in [0.717, 1.165) is 0 Å². The van der Waals surface area contributed by atoms with E-state index in [4.69, 9.17) is 11.6 Å². The third kappa shape index (κ3) is 4.23. The standard InChI is InChI=1S/C12H11ClN6O4/c1-2-23-11(22)10(21)14-8-5-6(3-4-7(8)13)9(20)15-12-16-18-19-17-12/h3-5H,2H2,1H3,(H,14,21)(H2,15,16,17,18,19,20). The average molecular weight is 339 g/mol. The molecular formula is C12H11ClN6O4. The average Bonchev–Trinajstić information content (AvgIpc) is 3.02. The molecule has 3 N–H and O–H groups in total. The van der Waals surface area contributed by atoms with E-state index in [9.17, 15) is 14.4 Å². The summed E-state index contributed by atoms with van der Waals surface area (Å²) in [7, 11) is 0. The van der Waals surface area contributed by atoms with Gasteiger partial charge in [-0.25, -0.2) is 9.89 Å². The molecule has 2 rings (SSSR count). The number of rotatable bonds is 4. The van der Waals surface area contributed by atoms with Gasteiger partial charge in [-0.1, -0.05) is 16.7 Å². The van der Waals surface area contributed by atoms with Crippen molar-refractivity contribution in [1.29, 1.82) is 0 Å². The summed E-state index contributed by atoms with van der Waals surface area (Å²) in [5.41, 5.74) is 0.262. The van der Waals surface area contributed by atoms with Crippen molar-refractivity contribution in [2.45, 2.75) is 6.92 Å². The molecule has 10 nitrogen and oxygen atoms in total. The van der Waals surface area contributed by atoms with Crippen LogP contribution >= 0.6 is 11.6 Å². The Morgan fingerprint density at radius 2 is 2.09 bits per heavy atom. The number of hydrogen-bond acceptors (Lipinski definition) is 7. The number of tetrazole rings is 1. The van der Waals surface area contributed by atoms with Crippen LogP contribution in [0.2, 0.25) is 5.02 Å². The molecule has 0 aliphatic rings. The molecule has 2 aromatic rings. The number of benzene rings is 1. The Balaban J connectivity index is 2.13. The van der Waals surface area contributed by atoms with E-state index >= 15 is 0 Å². The number of nitrogens with one attached hydrogen (secondary N) is 3. The summed E-state index contributed by atoms with van der Waals surface area (Å²) in [6.45, 7) is 1.63. The highest BCUT2D eigenvalue weighted by Crippen LogP contribution is 2.23. The van der Waals surface area contributed by atoms with Gasteiger partial charge in [0.2, 0.25) is 5.95 Å². The zero-order valence-corrected chi connectivity index (χ0v) is 12.5. The summed E-state index contributed by atoms with van der Waals surface area (Å²) in [5.74, 6) is -2.52. The van der Waals surface area contributed by atoms with Crippen molar-refractivity contribution in [2.24, 2.45) is 0 Å². The normalized spacial score (nSPS) is 10.0. The van der Waals surface area contributed by atoms with Crippen molar-refractivity contribution in [3.63, 3.8) is 0 Å². The minimum absolute atomic E-state index is 0.0575. The lowest BCUT2D eigenvalue weighted by molar-refractivity contribution is -0.152. The number of esters is 1. The van der Waals surface area contributed by atoms with Gasteiger partial charge in [-0.15, -0.1) is 0 Å². The second-order valence-electron chi connectivity index (χ2n) is 4.07. The number of aromatic nitrogens is 4. The summed E-state index contributed by atoms with van der Waals surface area (Å²) in [6, 6.07) is 4.13. The molecule has 0 aliphatic carbocycles. The molecule has 120 valence electrons. The number of nitrogens with zero attached hydrogens (tertiary/aromatic N) is 3. The van der Waals surface area contributed by atoms with Crippen LogP contribution in [0.5, 0.6) is 0 Å². The highest BCUT2D eigenvalue weighted by atomic mass is 35.5. The van der Waals surface area contributed by atoms with Crippen molar-refractivity contribution in [2.75, 3.05) is 17.2 Å². The Kier molecular flexibility index (Phi) is 5.20. The summed E-state index contributed by atoms with van der Waals surface area (Å²) in [5, 5.41) is 17.3. The molecule has 0 spiro atoms. The van der Waals surface area contributed by atoms with Crippen LogP contribution in [0, 0.1) is 0 Å². The molecule has 0 saturated carbocycles. The fourth-order valence-corrected chi connectivity index (χ4v) is 1.69. The molecule has 0 unspecified atom stereocenters. The van der Waals surface area contributed by atoms with Crippen molar-refractivity contribution >= 4 is 41.0 Å². The van der Waals surface area contributed by atoms with E-state index in [0.29, 0.717) is 0 Å². The second kappa shape index (κ2) is 7.31. The van der Waals surface area contributed by atoms with Gasteiger partial charge in [0, 0.05) is 5.56 Å². The van der Waals surface area contributed by atoms with Gasteiger partial charge in [-0.2, -0.15) is 0 Å². The Bertz CT molecular complexity index is 733. The number of H-pyrrole nitrogens is 1. The lowest BCUT2D eigenvalue weighted by Crippen LogP contribution is -2.25. The van der Waals surface area contributed by atoms with E-state index in [1.807, 2.05) is 0 Å². The molecule has 2 amide bonds. The van der Waals surface area contributed by atoms with Crippen LogP contribution in [0.1, 0.15) is 17.3 Å². The maximum Gasteiger partial charge on any atom is 0.397 e. The summed E-state index contributed by atoms with van der Waals surface area (Å²) in [6.07, 6.45) is 0. The first-order valence-corrected chi connectivity index (χ1v) is 6.71. The Morgan fingerprint density at radius 3 is 2.74 bits per heavy atom. The molecule has 0 aliphatic heterocycles. The van der Waals surface area contributed by atoms with Crippen molar-refractivity contribution in [3.8, 4) is 0 Å². The van der Waals surface area contributed by atoms with E-state index < -0.39 is 17.8 Å². The SMILES string of the molecule is CCOC(=O)C(=O)Nc1cc(C(=O)Nc2nnn[nH]2)ccc1Cl. The van der Waals surface area contributed by atoms with Crippen LogP contribution in [-0.4, -0.2) is 45.0 Å². The second-order valence-corrected chi connectivity index (χ2v) is 4.48. The number of halogens is 1. The number of amides is 2. The van der Waals surface area contributed by atoms with E-state index in [1.165, 1.54) is 18.2 Å². The van der Waals surface area contributed by atoms with Crippen molar-refractivity contribution < 1.29 is 19.1 Å². The molecule has 11 heteroatoms. The van der Waals surface area contributed by atoms with Gasteiger partial charge >= 0.3 is 11.9 Å². The van der Waals surface area contributed by atoms with Gasteiger partial charge in [-0.3, -0.25) is 14.9 Å². The number of carbonyl (C=O) groups is 3. The minimum Gasteiger partial charge on any atom is -0.459 e. The molecule has 0 saturated heterocycles. The lowest BCUT2D eigenvalue weighted by Gasteiger charge is -2.08. The third-order valence-corrected chi connectivity index (χ3v) is 2.84. The maximum absolute atomic E-state index is 12.0. The first-order chi connectivity index (χ1) is 11.0. The fraction of sp³-hybridized carbons (Fsp3) is 0.167. The van der Waals surface area contributed by atoms with Crippen LogP contribution in [-0.2, 0) is 14.3 Å². The monoisotopic (exact) mass is 338 g/mol. The highest BCUT2D eigenvalue weighted by molar-refractivity contribution is 6.40. The van der Waals surface area contributed by atoms with Gasteiger partial charge < -0.3 is 10.1 Å². The van der Waals surface area contributed by atoms with Crippen LogP contribution in [0.4, 0.5) is 11.6 Å². The number of hydrogen-bond donors (Lipinski definition) is 3. The van der Waals surface area contributed by atoms with Gasteiger partial charge in [0.05, 0.1) is 17.3 Å². The minimum atomic E-state index is -1.05.